The molecule has 0 radical (unpaired) electrons. The highest BCUT2D eigenvalue weighted by molar-refractivity contribution is 9.10. The molecule has 1 saturated carbocycles. The molecule has 1 aromatic carbocycles. The van der Waals surface area contributed by atoms with Gasteiger partial charge in [0, 0.05) is 23.1 Å². The Morgan fingerprint density at radius 1 is 1.15 bits per heavy atom. The van der Waals surface area contributed by atoms with Crippen LogP contribution in [0.2, 0.25) is 0 Å². The van der Waals surface area contributed by atoms with Crippen molar-refractivity contribution in [1.82, 2.24) is 10.3 Å². The zero-order valence-corrected chi connectivity index (χ0v) is 12.8. The predicted molar refractivity (Wildman–Crippen MR) is 82.6 cm³/mol. The van der Waals surface area contributed by atoms with Gasteiger partial charge in [-0.25, -0.2) is 4.98 Å². The van der Waals surface area contributed by atoms with Gasteiger partial charge in [-0.3, -0.25) is 0 Å². The van der Waals surface area contributed by atoms with Crippen LogP contribution in [0, 0.1) is 0 Å². The lowest BCUT2D eigenvalue weighted by molar-refractivity contribution is 0.293. The molecule has 1 aliphatic rings. The van der Waals surface area contributed by atoms with Gasteiger partial charge in [-0.05, 0) is 36.6 Å². The van der Waals surface area contributed by atoms with Crippen molar-refractivity contribution in [2.24, 2.45) is 0 Å². The molecule has 20 heavy (non-hydrogen) atoms. The van der Waals surface area contributed by atoms with Gasteiger partial charge in [0.2, 0.25) is 5.88 Å². The Morgan fingerprint density at radius 2 is 1.95 bits per heavy atom. The quantitative estimate of drug-likeness (QED) is 0.876. The zero-order valence-electron chi connectivity index (χ0n) is 11.2. The van der Waals surface area contributed by atoms with Crippen LogP contribution in [0.5, 0.6) is 5.88 Å². The molecule has 4 heteroatoms. The zero-order chi connectivity index (χ0) is 13.8. The number of aromatic nitrogens is 1. The molecule has 3 nitrogen and oxygen atoms in total. The normalized spacial score (nSPS) is 14.2. The summed E-state index contributed by atoms with van der Waals surface area (Å²) >= 11 is 3.42. The number of nitrogens with one attached hydrogen (secondary N) is 1. The summed E-state index contributed by atoms with van der Waals surface area (Å²) in [6.45, 7) is 1.36. The molecule has 0 spiro atoms. The van der Waals surface area contributed by atoms with E-state index in [1.807, 2.05) is 42.5 Å². The van der Waals surface area contributed by atoms with Crippen molar-refractivity contribution in [3.63, 3.8) is 0 Å². The van der Waals surface area contributed by atoms with Crippen molar-refractivity contribution in [3.8, 4) is 5.88 Å². The molecular weight excluding hydrogens is 316 g/mol. The molecule has 1 aromatic heterocycles. The summed E-state index contributed by atoms with van der Waals surface area (Å²) < 4.78 is 6.82. The summed E-state index contributed by atoms with van der Waals surface area (Å²) in [5.74, 6) is 0.683. The van der Waals surface area contributed by atoms with Crippen LogP contribution in [0.25, 0.3) is 0 Å². The standard InChI is InChI=1S/C16H17BrN2O/c17-13-6-4-12(5-7-13)11-20-16-3-1-2-15(19-16)10-18-14-8-9-14/h1-7,14,18H,8-11H2. The molecule has 1 fully saturated rings. The molecule has 2 aromatic rings. The van der Waals surface area contributed by atoms with Crippen LogP contribution >= 0.6 is 15.9 Å². The Hall–Kier alpha value is -1.39. The fourth-order valence-corrected chi connectivity index (χ4v) is 2.18. The predicted octanol–water partition coefficient (Wildman–Crippen LogP) is 3.68. The maximum Gasteiger partial charge on any atom is 0.213 e. The maximum absolute atomic E-state index is 5.74. The summed E-state index contributed by atoms with van der Waals surface area (Å²) in [7, 11) is 0. The van der Waals surface area contributed by atoms with E-state index in [0.29, 0.717) is 18.5 Å². The number of benzene rings is 1. The van der Waals surface area contributed by atoms with Gasteiger partial charge in [0.15, 0.2) is 0 Å². The van der Waals surface area contributed by atoms with E-state index in [4.69, 9.17) is 4.74 Å². The van der Waals surface area contributed by atoms with Crippen molar-refractivity contribution in [1.29, 1.82) is 0 Å². The largest absolute Gasteiger partial charge is 0.473 e. The lowest BCUT2D eigenvalue weighted by atomic mass is 10.2. The summed E-state index contributed by atoms with van der Waals surface area (Å²) in [6, 6.07) is 14.7. The third-order valence-electron chi connectivity index (χ3n) is 3.23. The lowest BCUT2D eigenvalue weighted by Gasteiger charge is -2.08. The van der Waals surface area contributed by atoms with Gasteiger partial charge in [-0.2, -0.15) is 0 Å². The second-order valence-corrected chi connectivity index (χ2v) is 5.95. The van der Waals surface area contributed by atoms with Gasteiger partial charge >= 0.3 is 0 Å². The van der Waals surface area contributed by atoms with Gasteiger partial charge in [-0.15, -0.1) is 0 Å². The summed E-state index contributed by atoms with van der Waals surface area (Å²) in [6.07, 6.45) is 2.58. The second kappa shape index (κ2) is 6.37. The fourth-order valence-electron chi connectivity index (χ4n) is 1.91. The number of halogens is 1. The van der Waals surface area contributed by atoms with Gasteiger partial charge in [0.05, 0.1) is 5.69 Å². The average molecular weight is 333 g/mol. The fraction of sp³-hybridized carbons (Fsp3) is 0.312. The first-order chi connectivity index (χ1) is 9.79. The van der Waals surface area contributed by atoms with E-state index in [0.717, 1.165) is 22.3 Å². The third kappa shape index (κ3) is 4.05. The Labute approximate surface area is 127 Å². The highest BCUT2D eigenvalue weighted by Crippen LogP contribution is 2.19. The van der Waals surface area contributed by atoms with Crippen LogP contribution in [-0.2, 0) is 13.2 Å². The summed E-state index contributed by atoms with van der Waals surface area (Å²) in [5, 5.41) is 3.46. The smallest absolute Gasteiger partial charge is 0.213 e. The molecule has 0 atom stereocenters. The van der Waals surface area contributed by atoms with Gasteiger partial charge in [-0.1, -0.05) is 34.1 Å². The van der Waals surface area contributed by atoms with Crippen molar-refractivity contribution in [2.45, 2.75) is 32.0 Å². The van der Waals surface area contributed by atoms with Crippen LogP contribution < -0.4 is 10.1 Å². The monoisotopic (exact) mass is 332 g/mol. The minimum Gasteiger partial charge on any atom is -0.473 e. The van der Waals surface area contributed by atoms with E-state index in [2.05, 4.69) is 26.2 Å². The molecule has 0 amide bonds. The summed E-state index contributed by atoms with van der Waals surface area (Å²) in [5.41, 5.74) is 2.17. The Morgan fingerprint density at radius 3 is 2.70 bits per heavy atom. The minimum absolute atomic E-state index is 0.541. The second-order valence-electron chi connectivity index (χ2n) is 5.04. The van der Waals surface area contributed by atoms with E-state index in [-0.39, 0.29) is 0 Å². The molecule has 0 unspecified atom stereocenters. The van der Waals surface area contributed by atoms with Crippen molar-refractivity contribution in [2.75, 3.05) is 0 Å². The van der Waals surface area contributed by atoms with E-state index in [1.54, 1.807) is 0 Å². The van der Waals surface area contributed by atoms with E-state index >= 15 is 0 Å². The number of ether oxygens (including phenoxy) is 1. The number of nitrogens with zero attached hydrogens (tertiary/aromatic N) is 1. The molecule has 0 saturated heterocycles. The highest BCUT2D eigenvalue weighted by atomic mass is 79.9. The van der Waals surface area contributed by atoms with Crippen LogP contribution in [-0.4, -0.2) is 11.0 Å². The number of rotatable bonds is 6. The first-order valence-electron chi connectivity index (χ1n) is 6.86. The molecule has 1 heterocycles. The van der Waals surface area contributed by atoms with Crippen LogP contribution in [0.4, 0.5) is 0 Å². The number of pyridine rings is 1. The van der Waals surface area contributed by atoms with Crippen LogP contribution in [0.15, 0.2) is 46.9 Å². The Balaban J connectivity index is 1.56. The van der Waals surface area contributed by atoms with E-state index in [9.17, 15) is 0 Å². The van der Waals surface area contributed by atoms with Crippen molar-refractivity contribution >= 4 is 15.9 Å². The molecule has 0 aliphatic heterocycles. The topological polar surface area (TPSA) is 34.1 Å². The van der Waals surface area contributed by atoms with Gasteiger partial charge < -0.3 is 10.1 Å². The Kier molecular flexibility index (Phi) is 4.33. The van der Waals surface area contributed by atoms with Gasteiger partial charge in [0.25, 0.3) is 0 Å². The number of hydrogen-bond acceptors (Lipinski definition) is 3. The van der Waals surface area contributed by atoms with E-state index in [1.165, 1.54) is 12.8 Å². The third-order valence-corrected chi connectivity index (χ3v) is 3.76. The molecule has 0 bridgehead atoms. The van der Waals surface area contributed by atoms with Crippen molar-refractivity contribution in [3.05, 3.63) is 58.2 Å². The Bertz CT molecular complexity index is 567. The lowest BCUT2D eigenvalue weighted by Crippen LogP contribution is -2.16. The van der Waals surface area contributed by atoms with Crippen LogP contribution in [0.3, 0.4) is 0 Å². The molecular formula is C16H17BrN2O. The maximum atomic E-state index is 5.74. The van der Waals surface area contributed by atoms with Crippen LogP contribution in [0.1, 0.15) is 24.1 Å². The number of hydrogen-bond donors (Lipinski definition) is 1. The SMILES string of the molecule is Brc1ccc(COc2cccc(CNC3CC3)n2)cc1. The molecule has 1 N–H and O–H groups in total. The minimum atomic E-state index is 0.541. The first kappa shape index (κ1) is 13.6. The van der Waals surface area contributed by atoms with Gasteiger partial charge in [0.1, 0.15) is 6.61 Å². The van der Waals surface area contributed by atoms with E-state index < -0.39 is 0 Å². The molecule has 3 rings (SSSR count). The highest BCUT2D eigenvalue weighted by Gasteiger charge is 2.20. The first-order valence-corrected chi connectivity index (χ1v) is 7.65. The van der Waals surface area contributed by atoms with Crippen molar-refractivity contribution < 1.29 is 4.74 Å². The average Bonchev–Trinajstić information content (AvgIpc) is 3.29. The molecule has 1 aliphatic carbocycles. The molecule has 104 valence electrons. The summed E-state index contributed by atoms with van der Waals surface area (Å²) in [4.78, 5) is 4.51.